The fourth-order valence-corrected chi connectivity index (χ4v) is 5.25. The lowest BCUT2D eigenvalue weighted by atomic mass is 10.1. The lowest BCUT2D eigenvalue weighted by Gasteiger charge is -2.12. The summed E-state index contributed by atoms with van der Waals surface area (Å²) in [7, 11) is -3.83. The molecule has 7 nitrogen and oxygen atoms in total. The van der Waals surface area contributed by atoms with E-state index >= 15 is 0 Å². The number of nitrogens with zero attached hydrogens (tertiary/aromatic N) is 2. The molecule has 0 aliphatic heterocycles. The predicted octanol–water partition coefficient (Wildman–Crippen LogP) is 3.61. The second-order valence-corrected chi connectivity index (χ2v) is 9.86. The first-order valence-corrected chi connectivity index (χ1v) is 11.9. The van der Waals surface area contributed by atoms with E-state index in [0.29, 0.717) is 6.54 Å². The molecule has 1 aliphatic rings. The van der Waals surface area contributed by atoms with Crippen LogP contribution in [0, 0.1) is 0 Å². The summed E-state index contributed by atoms with van der Waals surface area (Å²) < 4.78 is 29.5. The van der Waals surface area contributed by atoms with Gasteiger partial charge in [0.15, 0.2) is 0 Å². The Hall–Kier alpha value is -2.39. The number of carbonyl (C=O) groups is 1. The highest BCUT2D eigenvalue weighted by molar-refractivity contribution is 7.89. The van der Waals surface area contributed by atoms with E-state index in [-0.39, 0.29) is 33.1 Å². The lowest BCUT2D eigenvalue weighted by Crippen LogP contribution is -2.27. The molecule has 1 saturated carbocycles. The molecule has 10 heteroatoms. The molecule has 1 aromatic heterocycles. The van der Waals surface area contributed by atoms with Crippen molar-refractivity contribution >= 4 is 39.1 Å². The highest BCUT2D eigenvalue weighted by atomic mass is 35.5. The lowest BCUT2D eigenvalue weighted by molar-refractivity contribution is 0.0951. The molecule has 0 radical (unpaired) electrons. The number of nitrogens with one attached hydrogen (secondary N) is 2. The smallest absolute Gasteiger partial charge is 0.253 e. The Kier molecular flexibility index (Phi) is 6.34. The van der Waals surface area contributed by atoms with Gasteiger partial charge >= 0.3 is 0 Å². The quantitative estimate of drug-likeness (QED) is 0.516. The summed E-state index contributed by atoms with van der Waals surface area (Å²) in [4.78, 5) is 12.6. The minimum Gasteiger partial charge on any atom is -0.348 e. The Morgan fingerprint density at radius 1 is 1.10 bits per heavy atom. The summed E-state index contributed by atoms with van der Waals surface area (Å²) in [5.41, 5.74) is 1.99. The van der Waals surface area contributed by atoms with Crippen LogP contribution in [0.15, 0.2) is 59.8 Å². The van der Waals surface area contributed by atoms with Crippen molar-refractivity contribution in [3.63, 3.8) is 0 Å². The molecule has 0 spiro atoms. The van der Waals surface area contributed by atoms with Crippen LogP contribution < -0.4 is 10.0 Å². The number of hydrogen-bond donors (Lipinski definition) is 2. The summed E-state index contributed by atoms with van der Waals surface area (Å²) in [5.74, 6) is -0.484. The Labute approximate surface area is 190 Å². The van der Waals surface area contributed by atoms with Gasteiger partial charge in [-0.05, 0) is 42.2 Å². The zero-order valence-electron chi connectivity index (χ0n) is 16.4. The molecule has 1 aliphatic carbocycles. The van der Waals surface area contributed by atoms with Gasteiger partial charge in [0, 0.05) is 25.0 Å². The highest BCUT2D eigenvalue weighted by Gasteiger charge is 2.30. The van der Waals surface area contributed by atoms with Crippen molar-refractivity contribution in [1.82, 2.24) is 19.8 Å². The number of carbonyl (C=O) groups excluding carboxylic acids is 1. The normalized spacial score (nSPS) is 13.9. The molecule has 3 aromatic rings. The van der Waals surface area contributed by atoms with Crippen LogP contribution in [0.3, 0.4) is 0 Å². The molecular formula is C21H20Cl2N4O3S. The SMILES string of the molecule is O=C(NCc1cccc(Cn2cccn2)c1)c1cc(S(=O)(=O)NC2CC2)c(Cl)cc1Cl. The van der Waals surface area contributed by atoms with Gasteiger partial charge in [0.25, 0.3) is 5.91 Å². The zero-order chi connectivity index (χ0) is 22.0. The minimum absolute atomic E-state index is 0.0268. The largest absolute Gasteiger partial charge is 0.348 e. The van der Waals surface area contributed by atoms with Crippen molar-refractivity contribution in [3.8, 4) is 0 Å². The molecule has 1 heterocycles. The first-order chi connectivity index (χ1) is 14.8. The molecule has 2 aromatic carbocycles. The first kappa shape index (κ1) is 21.8. The Morgan fingerprint density at radius 2 is 1.87 bits per heavy atom. The van der Waals surface area contributed by atoms with Gasteiger partial charge in [-0.2, -0.15) is 5.10 Å². The summed E-state index contributed by atoms with van der Waals surface area (Å²) >= 11 is 12.3. The molecule has 0 bridgehead atoms. The van der Waals surface area contributed by atoms with Crippen molar-refractivity contribution in [2.45, 2.75) is 36.9 Å². The molecular weight excluding hydrogens is 459 g/mol. The number of halogens is 2. The second kappa shape index (κ2) is 9.00. The summed E-state index contributed by atoms with van der Waals surface area (Å²) in [6.45, 7) is 0.875. The van der Waals surface area contributed by atoms with E-state index in [4.69, 9.17) is 23.2 Å². The van der Waals surface area contributed by atoms with Gasteiger partial charge in [0.05, 0.1) is 22.2 Å². The standard InChI is InChI=1S/C21H20Cl2N4O3S/c22-18-11-19(23)20(31(29,30)26-16-5-6-16)10-17(18)21(28)24-12-14-3-1-4-15(9-14)13-27-8-2-7-25-27/h1-4,7-11,16,26H,5-6,12-13H2,(H,24,28). The van der Waals surface area contributed by atoms with E-state index in [0.717, 1.165) is 24.0 Å². The number of rotatable bonds is 8. The number of amides is 1. The molecule has 0 saturated heterocycles. The first-order valence-electron chi connectivity index (χ1n) is 9.66. The molecule has 31 heavy (non-hydrogen) atoms. The molecule has 1 fully saturated rings. The minimum atomic E-state index is -3.83. The number of benzene rings is 2. The summed E-state index contributed by atoms with van der Waals surface area (Å²) in [6, 6.07) is 12.0. The van der Waals surface area contributed by atoms with Crippen LogP contribution in [0.2, 0.25) is 10.0 Å². The maximum absolute atomic E-state index is 12.7. The number of sulfonamides is 1. The summed E-state index contributed by atoms with van der Waals surface area (Å²) in [6.07, 6.45) is 5.17. The van der Waals surface area contributed by atoms with Gasteiger partial charge in [-0.1, -0.05) is 47.5 Å². The van der Waals surface area contributed by atoms with E-state index in [9.17, 15) is 13.2 Å². The fraction of sp³-hybridized carbons (Fsp3) is 0.238. The average molecular weight is 479 g/mol. The third kappa shape index (κ3) is 5.46. The van der Waals surface area contributed by atoms with Gasteiger partial charge in [-0.3, -0.25) is 9.48 Å². The molecule has 2 N–H and O–H groups in total. The molecule has 162 valence electrons. The van der Waals surface area contributed by atoms with Crippen LogP contribution in [0.4, 0.5) is 0 Å². The van der Waals surface area contributed by atoms with Crippen molar-refractivity contribution < 1.29 is 13.2 Å². The average Bonchev–Trinajstić information content (AvgIpc) is 3.37. The van der Waals surface area contributed by atoms with Crippen molar-refractivity contribution in [1.29, 1.82) is 0 Å². The molecule has 1 amide bonds. The fourth-order valence-electron chi connectivity index (χ4n) is 3.09. The van der Waals surface area contributed by atoms with Gasteiger partial charge < -0.3 is 5.32 Å². The van der Waals surface area contributed by atoms with Gasteiger partial charge in [0.1, 0.15) is 4.90 Å². The van der Waals surface area contributed by atoms with Crippen molar-refractivity contribution in [2.75, 3.05) is 0 Å². The maximum atomic E-state index is 12.7. The van der Waals surface area contributed by atoms with Crippen LogP contribution >= 0.6 is 23.2 Å². The van der Waals surface area contributed by atoms with Crippen LogP contribution in [-0.4, -0.2) is 30.1 Å². The van der Waals surface area contributed by atoms with Gasteiger partial charge in [-0.25, -0.2) is 13.1 Å². The Bertz CT molecular complexity index is 1210. The predicted molar refractivity (Wildman–Crippen MR) is 119 cm³/mol. The van der Waals surface area contributed by atoms with E-state index in [1.54, 1.807) is 6.20 Å². The third-order valence-corrected chi connectivity index (χ3v) is 7.10. The molecule has 0 atom stereocenters. The summed E-state index contributed by atoms with van der Waals surface area (Å²) in [5, 5.41) is 7.03. The van der Waals surface area contributed by atoms with E-state index < -0.39 is 15.9 Å². The van der Waals surface area contributed by atoms with Gasteiger partial charge in [0.2, 0.25) is 10.0 Å². The molecule has 0 unspecified atom stereocenters. The van der Waals surface area contributed by atoms with E-state index in [1.807, 2.05) is 41.2 Å². The Balaban J connectivity index is 1.48. The van der Waals surface area contributed by atoms with Crippen LogP contribution in [-0.2, 0) is 23.1 Å². The highest BCUT2D eigenvalue weighted by Crippen LogP contribution is 2.30. The van der Waals surface area contributed by atoms with Crippen LogP contribution in [0.1, 0.15) is 34.3 Å². The topological polar surface area (TPSA) is 93.1 Å². The van der Waals surface area contributed by atoms with E-state index in [2.05, 4.69) is 15.1 Å². The monoisotopic (exact) mass is 478 g/mol. The van der Waals surface area contributed by atoms with Crippen LogP contribution in [0.25, 0.3) is 0 Å². The maximum Gasteiger partial charge on any atom is 0.253 e. The third-order valence-electron chi connectivity index (χ3n) is 4.80. The van der Waals surface area contributed by atoms with Gasteiger partial charge in [-0.15, -0.1) is 0 Å². The number of aromatic nitrogens is 2. The van der Waals surface area contributed by atoms with Crippen LogP contribution in [0.5, 0.6) is 0 Å². The van der Waals surface area contributed by atoms with Crippen molar-refractivity contribution in [2.24, 2.45) is 0 Å². The van der Waals surface area contributed by atoms with Crippen molar-refractivity contribution in [3.05, 3.63) is 81.6 Å². The second-order valence-electron chi connectivity index (χ2n) is 7.36. The Morgan fingerprint density at radius 3 is 2.58 bits per heavy atom. The molecule has 4 rings (SSSR count). The number of hydrogen-bond acceptors (Lipinski definition) is 4. The zero-order valence-corrected chi connectivity index (χ0v) is 18.7. The van der Waals surface area contributed by atoms with E-state index in [1.165, 1.54) is 12.1 Å².